The molecule has 0 spiro atoms. The molecule has 0 bridgehead atoms. The van der Waals surface area contributed by atoms with Crippen molar-refractivity contribution < 1.29 is 12.6 Å². The Morgan fingerprint density at radius 3 is 2.25 bits per heavy atom. The number of nitrogens with zero attached hydrogens (tertiary/aromatic N) is 2. The Hall–Kier alpha value is -0.830. The average Bonchev–Trinajstić information content (AvgIpc) is 3.30. The summed E-state index contributed by atoms with van der Waals surface area (Å²) in [5.74, 6) is 0.0602. The second-order valence-electron chi connectivity index (χ2n) is 7.88. The molecule has 32 heavy (non-hydrogen) atoms. The first-order chi connectivity index (χ1) is 15.2. The van der Waals surface area contributed by atoms with E-state index in [0.29, 0.717) is 45.0 Å². The molecule has 0 N–H and O–H groups in total. The smallest absolute Gasteiger partial charge is 0.214 e. The molecule has 2 aromatic rings. The van der Waals surface area contributed by atoms with Gasteiger partial charge in [0.05, 0.1) is 21.4 Å². The van der Waals surface area contributed by atoms with Crippen LogP contribution in [0.2, 0.25) is 15.1 Å². The Morgan fingerprint density at radius 2 is 1.59 bits per heavy atom. The first kappa shape index (κ1) is 25.8. The van der Waals surface area contributed by atoms with Crippen LogP contribution in [-0.4, -0.2) is 42.3 Å². The van der Waals surface area contributed by atoms with Gasteiger partial charge in [-0.25, -0.2) is 16.9 Å². The van der Waals surface area contributed by atoms with Gasteiger partial charge in [-0.3, -0.25) is 4.31 Å². The number of benzene rings is 2. The van der Waals surface area contributed by atoms with E-state index >= 15 is 0 Å². The molecule has 2 aromatic carbocycles. The van der Waals surface area contributed by atoms with Crippen LogP contribution in [0.5, 0.6) is 0 Å². The molecule has 1 aliphatic carbocycles. The summed E-state index contributed by atoms with van der Waals surface area (Å²) in [6, 6.07) is 11.9. The maximum atomic E-state index is 13.4. The van der Waals surface area contributed by atoms with Gasteiger partial charge < -0.3 is 0 Å². The number of unbranched alkanes of at least 4 members (excludes halogenated alkanes) is 1. The average molecular weight is 538 g/mol. The van der Waals surface area contributed by atoms with E-state index in [0.717, 1.165) is 25.7 Å². The van der Waals surface area contributed by atoms with Crippen LogP contribution >= 0.6 is 34.8 Å². The highest BCUT2D eigenvalue weighted by Gasteiger charge is 2.28. The van der Waals surface area contributed by atoms with Crippen LogP contribution in [0.4, 0.5) is 5.69 Å². The Kier molecular flexibility index (Phi) is 9.30. The Morgan fingerprint density at radius 1 is 0.969 bits per heavy atom. The molecule has 1 aliphatic rings. The largest absolute Gasteiger partial charge is 0.286 e. The van der Waals surface area contributed by atoms with Crippen LogP contribution in [-0.2, 0) is 21.0 Å². The summed E-state index contributed by atoms with van der Waals surface area (Å²) in [5.41, 5.74) is 0.540. The number of hydrogen-bond donors (Lipinski definition) is 0. The Balaban J connectivity index is 1.71. The highest BCUT2D eigenvalue weighted by molar-refractivity contribution is 7.89. The van der Waals surface area contributed by atoms with Crippen molar-refractivity contribution in [1.82, 2.24) is 4.31 Å². The van der Waals surface area contributed by atoms with Gasteiger partial charge in [0.1, 0.15) is 0 Å². The summed E-state index contributed by atoms with van der Waals surface area (Å²) in [4.78, 5) is 0.569. The molecule has 0 amide bonds. The molecule has 1 atom stereocenters. The fourth-order valence-corrected chi connectivity index (χ4v) is 7.16. The predicted molar refractivity (Wildman–Crippen MR) is 135 cm³/mol. The van der Waals surface area contributed by atoms with Crippen molar-refractivity contribution in [3.8, 4) is 0 Å². The lowest BCUT2D eigenvalue weighted by Crippen LogP contribution is -2.37. The Labute approximate surface area is 208 Å². The molecule has 0 radical (unpaired) electrons. The van der Waals surface area contributed by atoms with E-state index in [1.165, 1.54) is 4.31 Å². The summed E-state index contributed by atoms with van der Waals surface area (Å²) in [6.07, 6.45) is 4.99. The van der Waals surface area contributed by atoms with Gasteiger partial charge in [-0.2, -0.15) is 0 Å². The van der Waals surface area contributed by atoms with E-state index in [1.807, 2.05) is 0 Å². The highest BCUT2D eigenvalue weighted by atomic mass is 35.5. The third kappa shape index (κ3) is 6.61. The van der Waals surface area contributed by atoms with E-state index in [4.69, 9.17) is 34.8 Å². The minimum Gasteiger partial charge on any atom is -0.286 e. The Bertz CT molecular complexity index is 1040. The van der Waals surface area contributed by atoms with Crippen molar-refractivity contribution in [2.45, 2.75) is 49.5 Å². The standard InChI is InChI=1S/C22H27Cl3N2O3S2/c1-26(19-6-2-3-7-19)32(29,30)15-5-4-14-27(22-16-18(24)10-13-21(22)25)31(28)20-11-8-17(23)9-12-20/h8-13,16,19H,2-7,14-15H2,1H3. The summed E-state index contributed by atoms with van der Waals surface area (Å²) >= 11 is 18.5. The lowest BCUT2D eigenvalue weighted by molar-refractivity contribution is 0.372. The summed E-state index contributed by atoms with van der Waals surface area (Å²) in [6.45, 7) is 0.359. The lowest BCUT2D eigenvalue weighted by atomic mass is 10.3. The normalized spacial score (nSPS) is 15.9. The number of halogens is 3. The summed E-state index contributed by atoms with van der Waals surface area (Å²) in [7, 11) is -3.20. The first-order valence-corrected chi connectivity index (χ1v) is 14.4. The zero-order valence-electron chi connectivity index (χ0n) is 17.8. The zero-order valence-corrected chi connectivity index (χ0v) is 21.7. The van der Waals surface area contributed by atoms with Crippen molar-refractivity contribution in [3.05, 3.63) is 57.5 Å². The van der Waals surface area contributed by atoms with Gasteiger partial charge in [0.25, 0.3) is 0 Å². The van der Waals surface area contributed by atoms with Crippen LogP contribution in [0.15, 0.2) is 47.4 Å². The molecule has 3 rings (SSSR count). The van der Waals surface area contributed by atoms with Crippen molar-refractivity contribution in [2.75, 3.05) is 23.7 Å². The SMILES string of the molecule is CN(C1CCCC1)S(=O)(=O)CCCCN(c1cc(Cl)ccc1Cl)S(=O)c1ccc(Cl)cc1. The molecule has 1 saturated carbocycles. The monoisotopic (exact) mass is 536 g/mol. The topological polar surface area (TPSA) is 57.7 Å². The van der Waals surface area contributed by atoms with Gasteiger partial charge in [-0.15, -0.1) is 0 Å². The molecule has 5 nitrogen and oxygen atoms in total. The minimum absolute atomic E-state index is 0.0602. The van der Waals surface area contributed by atoms with Crippen LogP contribution in [0.25, 0.3) is 0 Å². The van der Waals surface area contributed by atoms with Gasteiger partial charge >= 0.3 is 0 Å². The molecule has 0 aromatic heterocycles. The maximum absolute atomic E-state index is 13.4. The maximum Gasteiger partial charge on any atom is 0.214 e. The molecule has 1 unspecified atom stereocenters. The van der Waals surface area contributed by atoms with Gasteiger partial charge in [0.15, 0.2) is 11.0 Å². The van der Waals surface area contributed by atoms with Crippen LogP contribution in [0.1, 0.15) is 38.5 Å². The third-order valence-electron chi connectivity index (χ3n) is 5.68. The number of rotatable bonds is 10. The quantitative estimate of drug-likeness (QED) is 0.341. The van der Waals surface area contributed by atoms with E-state index in [9.17, 15) is 12.6 Å². The van der Waals surface area contributed by atoms with Gasteiger partial charge in [0.2, 0.25) is 10.0 Å². The van der Waals surface area contributed by atoms with Crippen molar-refractivity contribution in [3.63, 3.8) is 0 Å². The second-order valence-corrected chi connectivity index (χ2v) is 12.7. The van der Waals surface area contributed by atoms with E-state index in [2.05, 4.69) is 0 Å². The first-order valence-electron chi connectivity index (χ1n) is 10.5. The fraction of sp³-hybridized carbons (Fsp3) is 0.455. The molecule has 1 fully saturated rings. The molecular weight excluding hydrogens is 511 g/mol. The van der Waals surface area contributed by atoms with Crippen molar-refractivity contribution in [2.24, 2.45) is 0 Å². The van der Waals surface area contributed by atoms with Crippen molar-refractivity contribution >= 4 is 61.5 Å². The van der Waals surface area contributed by atoms with Crippen molar-refractivity contribution in [1.29, 1.82) is 0 Å². The fourth-order valence-electron chi connectivity index (χ4n) is 3.83. The number of sulfonamides is 1. The minimum atomic E-state index is -3.32. The second kappa shape index (κ2) is 11.5. The third-order valence-corrected chi connectivity index (χ3v) is 9.93. The summed E-state index contributed by atoms with van der Waals surface area (Å²) in [5, 5.41) is 1.45. The van der Waals surface area contributed by atoms with Gasteiger partial charge in [0, 0.05) is 29.7 Å². The molecule has 0 heterocycles. The molecule has 0 saturated heterocycles. The van der Waals surface area contributed by atoms with E-state index in [1.54, 1.807) is 53.8 Å². The van der Waals surface area contributed by atoms with E-state index in [-0.39, 0.29) is 11.8 Å². The van der Waals surface area contributed by atoms with E-state index < -0.39 is 21.0 Å². The number of anilines is 1. The lowest BCUT2D eigenvalue weighted by Gasteiger charge is -2.26. The van der Waals surface area contributed by atoms with Crippen LogP contribution < -0.4 is 4.31 Å². The molecular formula is C22H27Cl3N2O3S2. The predicted octanol–water partition coefficient (Wildman–Crippen LogP) is 6.16. The molecule has 0 aliphatic heterocycles. The molecule has 10 heteroatoms. The van der Waals surface area contributed by atoms with Crippen LogP contribution in [0.3, 0.4) is 0 Å². The van der Waals surface area contributed by atoms with Crippen LogP contribution in [0, 0.1) is 0 Å². The highest BCUT2D eigenvalue weighted by Crippen LogP contribution is 2.32. The van der Waals surface area contributed by atoms with Gasteiger partial charge in [-0.1, -0.05) is 47.6 Å². The summed E-state index contributed by atoms with van der Waals surface area (Å²) < 4.78 is 42.0. The number of hydrogen-bond acceptors (Lipinski definition) is 3. The molecule has 176 valence electrons. The zero-order chi connectivity index (χ0) is 23.3. The van der Waals surface area contributed by atoms with Gasteiger partial charge in [-0.05, 0) is 68.1 Å².